The lowest BCUT2D eigenvalue weighted by Crippen LogP contribution is -2.15. The third-order valence-corrected chi connectivity index (χ3v) is 5.63. The molecule has 1 aliphatic carbocycles. The molecule has 4 rings (SSSR count). The first-order valence-electron chi connectivity index (χ1n) is 10.2. The van der Waals surface area contributed by atoms with E-state index in [1.807, 2.05) is 13.8 Å². The molecule has 2 heterocycles. The molecule has 10 heteroatoms. The molecule has 1 saturated carbocycles. The van der Waals surface area contributed by atoms with E-state index >= 15 is 0 Å². The molecule has 3 aromatic rings. The first-order chi connectivity index (χ1) is 15.3. The average Bonchev–Trinajstić information content (AvgIpc) is 3.39. The van der Waals surface area contributed by atoms with Crippen LogP contribution in [0.5, 0.6) is 11.6 Å². The second-order valence-corrected chi connectivity index (χ2v) is 8.64. The summed E-state index contributed by atoms with van der Waals surface area (Å²) in [4.78, 5) is 19.7. The second kappa shape index (κ2) is 9.34. The zero-order chi connectivity index (χ0) is 22.8. The average molecular weight is 478 g/mol. The van der Waals surface area contributed by atoms with Crippen molar-refractivity contribution in [3.8, 4) is 34.5 Å². The molecule has 1 fully saturated rings. The van der Waals surface area contributed by atoms with Crippen LogP contribution in [0.1, 0.15) is 33.1 Å². The van der Waals surface area contributed by atoms with Crippen molar-refractivity contribution in [2.75, 3.05) is 0 Å². The molecule has 0 amide bonds. The minimum atomic E-state index is -0.782. The van der Waals surface area contributed by atoms with Crippen LogP contribution in [0.3, 0.4) is 0 Å². The molecule has 0 aliphatic heterocycles. The molecule has 0 radical (unpaired) electrons. The van der Waals surface area contributed by atoms with E-state index in [1.165, 1.54) is 0 Å². The van der Waals surface area contributed by atoms with Crippen LogP contribution < -0.4 is 9.47 Å². The summed E-state index contributed by atoms with van der Waals surface area (Å²) in [6.45, 7) is 3.77. The Morgan fingerprint density at radius 3 is 2.69 bits per heavy atom. The van der Waals surface area contributed by atoms with Gasteiger partial charge in [0.15, 0.2) is 0 Å². The molecular weight excluding hydrogens is 457 g/mol. The fraction of sp³-hybridized carbons (Fsp3) is 0.364. The summed E-state index contributed by atoms with van der Waals surface area (Å²) in [5, 5.41) is 13.9. The molecule has 2 atom stereocenters. The van der Waals surface area contributed by atoms with E-state index in [9.17, 15) is 4.79 Å². The molecule has 1 N–H and O–H groups in total. The van der Waals surface area contributed by atoms with Crippen molar-refractivity contribution in [1.29, 1.82) is 0 Å². The van der Waals surface area contributed by atoms with Crippen LogP contribution in [0.4, 0.5) is 0 Å². The summed E-state index contributed by atoms with van der Waals surface area (Å²) in [7, 11) is 0. The van der Waals surface area contributed by atoms with Gasteiger partial charge in [0.1, 0.15) is 10.8 Å². The van der Waals surface area contributed by atoms with Crippen LogP contribution in [0, 0.1) is 5.92 Å². The van der Waals surface area contributed by atoms with E-state index in [2.05, 4.69) is 15.1 Å². The maximum atomic E-state index is 11.1. The number of aromatic nitrogens is 3. The van der Waals surface area contributed by atoms with Crippen LogP contribution in [0.15, 0.2) is 35.0 Å². The number of carbonyl (C=O) groups is 1. The van der Waals surface area contributed by atoms with Gasteiger partial charge in [-0.15, -0.1) is 0 Å². The van der Waals surface area contributed by atoms with Crippen LogP contribution >= 0.6 is 23.2 Å². The minimum absolute atomic E-state index is 0.0535. The second-order valence-electron chi connectivity index (χ2n) is 7.83. The van der Waals surface area contributed by atoms with Gasteiger partial charge in [0.05, 0.1) is 28.7 Å². The fourth-order valence-corrected chi connectivity index (χ4v) is 3.98. The minimum Gasteiger partial charge on any atom is -0.490 e. The smallest absolute Gasteiger partial charge is 0.306 e. The molecule has 32 heavy (non-hydrogen) atoms. The van der Waals surface area contributed by atoms with E-state index in [1.54, 1.807) is 30.5 Å². The summed E-state index contributed by atoms with van der Waals surface area (Å²) in [5.74, 6) is 0.308. The van der Waals surface area contributed by atoms with Crippen molar-refractivity contribution in [2.24, 2.45) is 5.92 Å². The fourth-order valence-electron chi connectivity index (χ4n) is 3.52. The van der Waals surface area contributed by atoms with Crippen LogP contribution in [0.25, 0.3) is 22.8 Å². The first kappa shape index (κ1) is 22.4. The summed E-state index contributed by atoms with van der Waals surface area (Å²) in [6, 6.07) is 6.80. The Hall–Kier alpha value is -2.84. The largest absolute Gasteiger partial charge is 0.490 e. The van der Waals surface area contributed by atoms with Crippen molar-refractivity contribution < 1.29 is 23.9 Å². The Morgan fingerprint density at radius 1 is 1.22 bits per heavy atom. The Labute approximate surface area is 194 Å². The summed E-state index contributed by atoms with van der Waals surface area (Å²) < 4.78 is 16.8. The predicted octanol–water partition coefficient (Wildman–Crippen LogP) is 5.52. The van der Waals surface area contributed by atoms with E-state index in [4.69, 9.17) is 42.3 Å². The molecule has 8 nitrogen and oxygen atoms in total. The standard InChI is InChI=1S/C22H21Cl2N3O5/c1-11(2)30-21-18(24)8-13(10-25-21)20-26-19(27-32-20)16-6-5-15(9-17(16)23)31-14-4-3-12(7-14)22(28)29/h5-6,8-12,14H,3-4,7H2,1-2H3,(H,28,29)/t12-,14?/m0/s1. The van der Waals surface area contributed by atoms with Crippen LogP contribution in [-0.2, 0) is 4.79 Å². The lowest BCUT2D eigenvalue weighted by Gasteiger charge is -2.14. The SMILES string of the molecule is CC(C)Oc1ncc(-c2nc(-c3ccc(OC4CC[C@H](C(=O)O)C4)cc3Cl)no2)cc1Cl. The van der Waals surface area contributed by atoms with E-state index in [-0.39, 0.29) is 24.0 Å². The number of aliphatic carboxylic acids is 1. The third kappa shape index (κ3) is 4.97. The zero-order valence-corrected chi connectivity index (χ0v) is 18.9. The molecular formula is C22H21Cl2N3O5. The number of carboxylic acids is 1. The van der Waals surface area contributed by atoms with Gasteiger partial charge in [-0.2, -0.15) is 4.98 Å². The molecule has 0 bridgehead atoms. The highest BCUT2D eigenvalue weighted by atomic mass is 35.5. The Bertz CT molecular complexity index is 1130. The van der Waals surface area contributed by atoms with Crippen molar-refractivity contribution in [3.05, 3.63) is 40.5 Å². The van der Waals surface area contributed by atoms with Crippen molar-refractivity contribution in [2.45, 2.75) is 45.3 Å². The highest BCUT2D eigenvalue weighted by Gasteiger charge is 2.31. The maximum absolute atomic E-state index is 11.1. The third-order valence-electron chi connectivity index (χ3n) is 5.05. The van der Waals surface area contributed by atoms with Gasteiger partial charge in [-0.05, 0) is 57.4 Å². The molecule has 0 saturated heterocycles. The molecule has 1 unspecified atom stereocenters. The van der Waals surface area contributed by atoms with Gasteiger partial charge in [0.2, 0.25) is 11.7 Å². The Morgan fingerprint density at radius 2 is 2.03 bits per heavy atom. The monoisotopic (exact) mass is 477 g/mol. The first-order valence-corrected chi connectivity index (χ1v) is 10.9. The lowest BCUT2D eigenvalue weighted by atomic mass is 10.1. The van der Waals surface area contributed by atoms with Gasteiger partial charge in [-0.1, -0.05) is 28.4 Å². The number of hydrogen-bond donors (Lipinski definition) is 1. The molecule has 168 valence electrons. The predicted molar refractivity (Wildman–Crippen MR) is 118 cm³/mol. The summed E-state index contributed by atoms with van der Waals surface area (Å²) in [6.07, 6.45) is 3.14. The van der Waals surface area contributed by atoms with Crippen molar-refractivity contribution in [1.82, 2.24) is 15.1 Å². The summed E-state index contributed by atoms with van der Waals surface area (Å²) >= 11 is 12.7. The Kier molecular flexibility index (Phi) is 6.53. The highest BCUT2D eigenvalue weighted by Crippen LogP contribution is 2.35. The van der Waals surface area contributed by atoms with E-state index < -0.39 is 5.97 Å². The number of pyridine rings is 1. The summed E-state index contributed by atoms with van der Waals surface area (Å²) in [5.41, 5.74) is 1.12. The number of halogens is 2. The molecule has 0 spiro atoms. The zero-order valence-electron chi connectivity index (χ0n) is 17.4. The van der Waals surface area contributed by atoms with E-state index in [0.717, 1.165) is 0 Å². The number of carboxylic acid groups (broad SMARTS) is 1. The van der Waals surface area contributed by atoms with E-state index in [0.29, 0.717) is 57.9 Å². The van der Waals surface area contributed by atoms with Gasteiger partial charge in [0.25, 0.3) is 5.89 Å². The van der Waals surface area contributed by atoms with Crippen molar-refractivity contribution >= 4 is 29.2 Å². The lowest BCUT2D eigenvalue weighted by molar-refractivity contribution is -0.141. The number of nitrogens with zero attached hydrogens (tertiary/aromatic N) is 3. The Balaban J connectivity index is 1.48. The van der Waals surface area contributed by atoms with Gasteiger partial charge in [-0.3, -0.25) is 4.79 Å². The van der Waals surface area contributed by atoms with Crippen molar-refractivity contribution in [3.63, 3.8) is 0 Å². The van der Waals surface area contributed by atoms with Gasteiger partial charge in [-0.25, -0.2) is 4.98 Å². The highest BCUT2D eigenvalue weighted by molar-refractivity contribution is 6.33. The number of ether oxygens (including phenoxy) is 2. The normalized spacial score (nSPS) is 18.2. The number of rotatable bonds is 7. The van der Waals surface area contributed by atoms with Gasteiger partial charge >= 0.3 is 5.97 Å². The topological polar surface area (TPSA) is 108 Å². The molecule has 2 aromatic heterocycles. The van der Waals surface area contributed by atoms with Crippen LogP contribution in [0.2, 0.25) is 10.0 Å². The van der Waals surface area contributed by atoms with Gasteiger partial charge in [0, 0.05) is 11.8 Å². The quantitative estimate of drug-likeness (QED) is 0.473. The molecule has 1 aliphatic rings. The number of hydrogen-bond acceptors (Lipinski definition) is 7. The maximum Gasteiger partial charge on any atom is 0.306 e. The number of benzene rings is 1. The van der Waals surface area contributed by atoms with Gasteiger partial charge < -0.3 is 19.1 Å². The molecule has 1 aromatic carbocycles. The van der Waals surface area contributed by atoms with Crippen LogP contribution in [-0.4, -0.2) is 38.4 Å².